The Labute approximate surface area is 153 Å². The van der Waals surface area contributed by atoms with Gasteiger partial charge < -0.3 is 20.1 Å². The molecule has 0 aromatic heterocycles. The highest BCUT2D eigenvalue weighted by Gasteiger charge is 2.11. The molecule has 1 amide bonds. The van der Waals surface area contributed by atoms with E-state index in [0.29, 0.717) is 35.2 Å². The average molecular weight is 363 g/mol. The van der Waals surface area contributed by atoms with Crippen LogP contribution >= 0.6 is 11.6 Å². The van der Waals surface area contributed by atoms with Crippen LogP contribution in [0.25, 0.3) is 0 Å². The van der Waals surface area contributed by atoms with Crippen LogP contribution in [-0.2, 0) is 6.61 Å². The van der Waals surface area contributed by atoms with Gasteiger partial charge in [0.2, 0.25) is 0 Å². The van der Waals surface area contributed by atoms with Crippen molar-refractivity contribution in [2.45, 2.75) is 13.0 Å². The zero-order valence-corrected chi connectivity index (χ0v) is 15.2. The Bertz CT molecular complexity index is 690. The Hall–Kier alpha value is -2.24. The molecule has 0 aliphatic carbocycles. The van der Waals surface area contributed by atoms with E-state index < -0.39 is 0 Å². The van der Waals surface area contributed by atoms with Gasteiger partial charge in [0.05, 0.1) is 7.11 Å². The van der Waals surface area contributed by atoms with Crippen LogP contribution in [0.15, 0.2) is 42.5 Å². The number of amides is 1. The van der Waals surface area contributed by atoms with E-state index in [4.69, 9.17) is 21.1 Å². The number of rotatable bonds is 9. The van der Waals surface area contributed by atoms with Crippen molar-refractivity contribution in [1.82, 2.24) is 10.6 Å². The molecular weight excluding hydrogens is 340 g/mol. The van der Waals surface area contributed by atoms with Crippen LogP contribution in [0.4, 0.5) is 0 Å². The van der Waals surface area contributed by atoms with Crippen molar-refractivity contribution in [2.75, 3.05) is 27.2 Å². The molecule has 0 aliphatic rings. The van der Waals surface area contributed by atoms with Gasteiger partial charge in [-0.05, 0) is 55.9 Å². The van der Waals surface area contributed by atoms with Crippen molar-refractivity contribution in [3.05, 3.63) is 58.6 Å². The van der Waals surface area contributed by atoms with Crippen LogP contribution in [0.3, 0.4) is 0 Å². The minimum Gasteiger partial charge on any atom is -0.493 e. The highest BCUT2D eigenvalue weighted by Crippen LogP contribution is 2.29. The second kappa shape index (κ2) is 9.91. The summed E-state index contributed by atoms with van der Waals surface area (Å²) in [6.45, 7) is 1.88. The summed E-state index contributed by atoms with van der Waals surface area (Å²) in [7, 11) is 3.44. The zero-order valence-electron chi connectivity index (χ0n) is 14.5. The number of methoxy groups -OCH3 is 1. The Balaban J connectivity index is 1.98. The molecule has 2 aromatic rings. The normalized spacial score (nSPS) is 10.4. The third-order valence-corrected chi connectivity index (χ3v) is 3.87. The first-order chi connectivity index (χ1) is 12.1. The number of ether oxygens (including phenoxy) is 2. The number of halogens is 1. The molecule has 25 heavy (non-hydrogen) atoms. The van der Waals surface area contributed by atoms with Crippen molar-refractivity contribution >= 4 is 17.5 Å². The predicted octanol–water partition coefficient (Wildman–Crippen LogP) is 3.27. The molecule has 2 aromatic carbocycles. The average Bonchev–Trinajstić information content (AvgIpc) is 2.64. The van der Waals surface area contributed by atoms with Crippen molar-refractivity contribution in [1.29, 1.82) is 0 Å². The molecule has 0 fully saturated rings. The van der Waals surface area contributed by atoms with Crippen LogP contribution in [0.2, 0.25) is 5.02 Å². The third-order valence-electron chi connectivity index (χ3n) is 3.62. The number of carbonyl (C=O) groups excluding carboxylic acids is 1. The Morgan fingerprint density at radius 3 is 2.52 bits per heavy atom. The topological polar surface area (TPSA) is 59.6 Å². The highest BCUT2D eigenvalue weighted by atomic mass is 35.5. The smallest absolute Gasteiger partial charge is 0.251 e. The fourth-order valence-electron chi connectivity index (χ4n) is 2.24. The van der Waals surface area contributed by atoms with Crippen LogP contribution in [0, 0.1) is 0 Å². The van der Waals surface area contributed by atoms with Gasteiger partial charge in [-0.15, -0.1) is 0 Å². The van der Waals surface area contributed by atoms with Crippen LogP contribution in [0.5, 0.6) is 11.5 Å². The summed E-state index contributed by atoms with van der Waals surface area (Å²) in [5, 5.41) is 6.61. The van der Waals surface area contributed by atoms with Crippen molar-refractivity contribution in [2.24, 2.45) is 0 Å². The lowest BCUT2D eigenvalue weighted by Gasteiger charge is -2.12. The third kappa shape index (κ3) is 5.96. The second-order valence-corrected chi connectivity index (χ2v) is 5.93. The van der Waals surface area contributed by atoms with E-state index in [-0.39, 0.29) is 5.91 Å². The maximum Gasteiger partial charge on any atom is 0.251 e. The van der Waals surface area contributed by atoms with Gasteiger partial charge in [-0.3, -0.25) is 4.79 Å². The van der Waals surface area contributed by atoms with E-state index in [1.54, 1.807) is 25.3 Å². The molecule has 6 heteroatoms. The zero-order chi connectivity index (χ0) is 18.1. The van der Waals surface area contributed by atoms with E-state index in [1.807, 2.05) is 31.3 Å². The predicted molar refractivity (Wildman–Crippen MR) is 99.7 cm³/mol. The number of hydrogen-bond acceptors (Lipinski definition) is 4. The summed E-state index contributed by atoms with van der Waals surface area (Å²) in [4.78, 5) is 12.2. The molecule has 0 saturated carbocycles. The molecule has 0 radical (unpaired) electrons. The maximum absolute atomic E-state index is 12.2. The van der Waals surface area contributed by atoms with Crippen molar-refractivity contribution < 1.29 is 14.3 Å². The molecule has 0 atom stereocenters. The minimum absolute atomic E-state index is 0.126. The van der Waals surface area contributed by atoms with Gasteiger partial charge >= 0.3 is 0 Å². The highest BCUT2D eigenvalue weighted by molar-refractivity contribution is 6.30. The standard InChI is InChI=1S/C19H23ClN2O3/c1-21-10-3-11-22-19(23)15-6-9-17(18(12-15)24-2)25-13-14-4-7-16(20)8-5-14/h4-9,12,21H,3,10-11,13H2,1-2H3,(H,22,23). The lowest BCUT2D eigenvalue weighted by Crippen LogP contribution is -2.26. The number of nitrogens with one attached hydrogen (secondary N) is 2. The molecule has 0 spiro atoms. The molecule has 0 heterocycles. The molecule has 2 N–H and O–H groups in total. The van der Waals surface area contributed by atoms with Gasteiger partial charge in [0.15, 0.2) is 11.5 Å². The number of benzene rings is 2. The first-order valence-electron chi connectivity index (χ1n) is 8.12. The van der Waals surface area contributed by atoms with Crippen LogP contribution < -0.4 is 20.1 Å². The molecular formula is C19H23ClN2O3. The Morgan fingerprint density at radius 2 is 1.84 bits per heavy atom. The van der Waals surface area contributed by atoms with Crippen LogP contribution in [-0.4, -0.2) is 33.2 Å². The van der Waals surface area contributed by atoms with Crippen molar-refractivity contribution in [3.8, 4) is 11.5 Å². The first kappa shape index (κ1) is 19.1. The summed E-state index contributed by atoms with van der Waals surface area (Å²) in [6.07, 6.45) is 0.877. The summed E-state index contributed by atoms with van der Waals surface area (Å²) < 4.78 is 11.1. The van der Waals surface area contributed by atoms with E-state index in [0.717, 1.165) is 18.5 Å². The fourth-order valence-corrected chi connectivity index (χ4v) is 2.36. The fraction of sp³-hybridized carbons (Fsp3) is 0.316. The van der Waals surface area contributed by atoms with E-state index in [2.05, 4.69) is 10.6 Å². The quantitative estimate of drug-likeness (QED) is 0.672. The summed E-state index contributed by atoms with van der Waals surface area (Å²) in [6, 6.07) is 12.6. The van der Waals surface area contributed by atoms with Crippen LogP contribution in [0.1, 0.15) is 22.3 Å². The van der Waals surface area contributed by atoms with Crippen molar-refractivity contribution in [3.63, 3.8) is 0 Å². The molecule has 0 unspecified atom stereocenters. The van der Waals surface area contributed by atoms with E-state index >= 15 is 0 Å². The Kier molecular flexibility index (Phi) is 7.57. The second-order valence-electron chi connectivity index (χ2n) is 5.49. The number of carbonyl (C=O) groups is 1. The molecule has 5 nitrogen and oxygen atoms in total. The molecule has 0 saturated heterocycles. The molecule has 134 valence electrons. The minimum atomic E-state index is -0.126. The van der Waals surface area contributed by atoms with Gasteiger partial charge in [-0.2, -0.15) is 0 Å². The van der Waals surface area contributed by atoms with E-state index in [1.165, 1.54) is 0 Å². The van der Waals surface area contributed by atoms with Gasteiger partial charge in [0.25, 0.3) is 5.91 Å². The first-order valence-corrected chi connectivity index (χ1v) is 8.50. The summed E-state index contributed by atoms with van der Waals surface area (Å²) in [5.74, 6) is 0.986. The molecule has 0 aliphatic heterocycles. The van der Waals surface area contributed by atoms with Gasteiger partial charge in [-0.25, -0.2) is 0 Å². The monoisotopic (exact) mass is 362 g/mol. The SMILES string of the molecule is CNCCCNC(=O)c1ccc(OCc2ccc(Cl)cc2)c(OC)c1. The van der Waals surface area contributed by atoms with E-state index in [9.17, 15) is 4.79 Å². The molecule has 2 rings (SSSR count). The van der Waals surface area contributed by atoms with Gasteiger partial charge in [0, 0.05) is 17.1 Å². The maximum atomic E-state index is 12.2. The number of hydrogen-bond donors (Lipinski definition) is 2. The summed E-state index contributed by atoms with van der Waals surface area (Å²) in [5.41, 5.74) is 1.54. The molecule has 0 bridgehead atoms. The Morgan fingerprint density at radius 1 is 1.08 bits per heavy atom. The summed E-state index contributed by atoms with van der Waals surface area (Å²) >= 11 is 5.88. The lowest BCUT2D eigenvalue weighted by atomic mass is 10.2. The lowest BCUT2D eigenvalue weighted by molar-refractivity contribution is 0.0953. The van der Waals surface area contributed by atoms with Gasteiger partial charge in [0.1, 0.15) is 6.61 Å². The van der Waals surface area contributed by atoms with Gasteiger partial charge in [-0.1, -0.05) is 23.7 Å². The largest absolute Gasteiger partial charge is 0.493 e.